The van der Waals surface area contributed by atoms with Crippen molar-refractivity contribution in [1.82, 2.24) is 20.6 Å². The van der Waals surface area contributed by atoms with Crippen LogP contribution in [0.2, 0.25) is 0 Å². The van der Waals surface area contributed by atoms with Crippen LogP contribution in [-0.4, -0.2) is 81.7 Å². The van der Waals surface area contributed by atoms with Gasteiger partial charge in [-0.1, -0.05) is 0 Å². The molecule has 2 atom stereocenters. The number of hydrogen-bond donors (Lipinski definition) is 4. The Balaban J connectivity index is 0.000000154. The molecule has 2 aromatic rings. The fraction of sp³-hybridized carbons (Fsp3) is 0.708. The number of carboxylic acid groups (broad SMARTS) is 2. The lowest BCUT2D eigenvalue weighted by molar-refractivity contribution is -0.139. The molecule has 12 rings (SSSR count). The fourth-order valence-electron chi connectivity index (χ4n) is 14.3. The Labute approximate surface area is 355 Å². The van der Waals surface area contributed by atoms with Gasteiger partial charge < -0.3 is 30.6 Å². The molecule has 8 bridgehead atoms. The number of anilines is 2. The molecule has 12 heteroatoms. The van der Waals surface area contributed by atoms with Crippen LogP contribution in [0.1, 0.15) is 141 Å². The van der Waals surface area contributed by atoms with Crippen LogP contribution in [0.3, 0.4) is 0 Å². The molecule has 8 saturated carbocycles. The highest BCUT2D eigenvalue weighted by Crippen LogP contribution is 2.56. The second kappa shape index (κ2) is 16.9. The van der Waals surface area contributed by atoms with Gasteiger partial charge >= 0.3 is 11.9 Å². The van der Waals surface area contributed by atoms with Gasteiger partial charge in [-0.05, 0) is 188 Å². The lowest BCUT2D eigenvalue weighted by Crippen LogP contribution is -2.59. The molecule has 2 aromatic heterocycles. The quantitative estimate of drug-likeness (QED) is 0.190. The molecule has 2 saturated heterocycles. The summed E-state index contributed by atoms with van der Waals surface area (Å²) in [6, 6.07) is 8.02. The minimum atomic E-state index is -0.734. The van der Waals surface area contributed by atoms with Gasteiger partial charge in [-0.3, -0.25) is 19.2 Å². The van der Waals surface area contributed by atoms with Crippen molar-refractivity contribution < 1.29 is 29.4 Å². The summed E-state index contributed by atoms with van der Waals surface area (Å²) >= 11 is 0. The van der Waals surface area contributed by atoms with E-state index in [1.807, 2.05) is 38.1 Å². The number of aliphatic carboxylic acids is 2. The van der Waals surface area contributed by atoms with E-state index >= 15 is 0 Å². The zero-order chi connectivity index (χ0) is 41.7. The molecule has 2 aliphatic heterocycles. The average molecular weight is 823 g/mol. The van der Waals surface area contributed by atoms with Crippen LogP contribution >= 0.6 is 0 Å². The van der Waals surface area contributed by atoms with Gasteiger partial charge in [-0.25, -0.2) is 9.97 Å². The van der Waals surface area contributed by atoms with Crippen molar-refractivity contribution in [3.05, 3.63) is 46.8 Å². The van der Waals surface area contributed by atoms with Crippen molar-refractivity contribution in [3.8, 4) is 0 Å². The number of piperidine rings is 2. The fourth-order valence-corrected chi connectivity index (χ4v) is 14.3. The predicted octanol–water partition coefficient (Wildman–Crippen LogP) is 7.42. The Morgan fingerprint density at radius 2 is 1.07 bits per heavy atom. The molecule has 12 nitrogen and oxygen atoms in total. The number of aromatic nitrogens is 2. The molecule has 0 radical (unpaired) electrons. The van der Waals surface area contributed by atoms with Crippen molar-refractivity contribution >= 4 is 35.4 Å². The molecular weight excluding hydrogens is 757 g/mol. The molecule has 0 unspecified atom stereocenters. The Morgan fingerprint density at radius 3 is 1.50 bits per heavy atom. The van der Waals surface area contributed by atoms with Crippen LogP contribution in [0.5, 0.6) is 0 Å². The largest absolute Gasteiger partial charge is 0.481 e. The average Bonchev–Trinajstić information content (AvgIpc) is 3.18. The third kappa shape index (κ3) is 8.89. The van der Waals surface area contributed by atoms with E-state index in [2.05, 4.69) is 20.4 Å². The Hall–Kier alpha value is -4.22. The Kier molecular flexibility index (Phi) is 11.6. The maximum Gasteiger partial charge on any atom is 0.303 e. The van der Waals surface area contributed by atoms with Crippen molar-refractivity contribution in [1.29, 1.82) is 0 Å². The first-order valence-electron chi connectivity index (χ1n) is 23.4. The van der Waals surface area contributed by atoms with E-state index in [4.69, 9.17) is 20.2 Å². The number of pyridine rings is 2. The maximum atomic E-state index is 13.2. The van der Waals surface area contributed by atoms with Gasteiger partial charge in [-0.2, -0.15) is 0 Å². The number of carbonyl (C=O) groups is 4. The van der Waals surface area contributed by atoms with E-state index in [0.717, 1.165) is 124 Å². The third-order valence-corrected chi connectivity index (χ3v) is 16.2. The molecule has 0 aromatic carbocycles. The molecular formula is C48H66N6O6. The second-order valence-corrected chi connectivity index (χ2v) is 20.8. The zero-order valence-corrected chi connectivity index (χ0v) is 35.7. The van der Waals surface area contributed by atoms with Crippen LogP contribution < -0.4 is 20.4 Å². The highest BCUT2D eigenvalue weighted by Gasteiger charge is 2.52. The van der Waals surface area contributed by atoms with Gasteiger partial charge in [-0.15, -0.1) is 0 Å². The van der Waals surface area contributed by atoms with Crippen LogP contribution in [-0.2, 0) is 9.59 Å². The lowest BCUT2D eigenvalue weighted by Gasteiger charge is -2.56. The Morgan fingerprint density at radius 1 is 0.633 bits per heavy atom. The normalized spacial score (nSPS) is 34.8. The highest BCUT2D eigenvalue weighted by atomic mass is 16.4. The van der Waals surface area contributed by atoms with Crippen molar-refractivity contribution in [3.63, 3.8) is 0 Å². The van der Waals surface area contributed by atoms with Gasteiger partial charge in [0, 0.05) is 50.6 Å². The third-order valence-electron chi connectivity index (χ3n) is 16.2. The second-order valence-electron chi connectivity index (χ2n) is 20.8. The number of rotatable bonds is 10. The first kappa shape index (κ1) is 41.1. The number of nitrogens with zero attached hydrogens (tertiary/aromatic N) is 4. The monoisotopic (exact) mass is 823 g/mol. The number of carboxylic acids is 2. The van der Waals surface area contributed by atoms with Crippen LogP contribution in [0.4, 0.5) is 11.6 Å². The van der Waals surface area contributed by atoms with Crippen molar-refractivity contribution in [2.45, 2.75) is 135 Å². The summed E-state index contributed by atoms with van der Waals surface area (Å²) in [6.45, 7) is 7.05. The lowest BCUT2D eigenvalue weighted by atomic mass is 9.53. The minimum absolute atomic E-state index is 0.00781. The minimum Gasteiger partial charge on any atom is -0.481 e. The van der Waals surface area contributed by atoms with Gasteiger partial charge in [0.25, 0.3) is 11.8 Å². The van der Waals surface area contributed by atoms with E-state index in [-0.39, 0.29) is 42.0 Å². The summed E-state index contributed by atoms with van der Waals surface area (Å²) in [5, 5.41) is 25.0. The van der Waals surface area contributed by atoms with Gasteiger partial charge in [0.2, 0.25) is 0 Å². The molecule has 60 heavy (non-hydrogen) atoms. The van der Waals surface area contributed by atoms with Gasteiger partial charge in [0.15, 0.2) is 0 Å². The highest BCUT2D eigenvalue weighted by molar-refractivity contribution is 5.96. The molecule has 324 valence electrons. The van der Waals surface area contributed by atoms with Crippen LogP contribution in [0.15, 0.2) is 24.3 Å². The molecule has 0 spiro atoms. The number of aryl methyl sites for hydroxylation is 2. The summed E-state index contributed by atoms with van der Waals surface area (Å²) in [4.78, 5) is 62.2. The Bertz CT molecular complexity index is 1900. The van der Waals surface area contributed by atoms with E-state index in [1.54, 1.807) is 0 Å². The van der Waals surface area contributed by atoms with E-state index in [0.29, 0.717) is 29.0 Å². The summed E-state index contributed by atoms with van der Waals surface area (Å²) < 4.78 is 0. The topological polar surface area (TPSA) is 165 Å². The van der Waals surface area contributed by atoms with Gasteiger partial charge in [0.1, 0.15) is 11.6 Å². The summed E-state index contributed by atoms with van der Waals surface area (Å²) in [5.74, 6) is 6.15. The van der Waals surface area contributed by atoms with E-state index < -0.39 is 11.9 Å². The first-order valence-corrected chi connectivity index (χ1v) is 23.4. The molecule has 10 fully saturated rings. The summed E-state index contributed by atoms with van der Waals surface area (Å²) in [6.07, 6.45) is 18.4. The van der Waals surface area contributed by atoms with E-state index in [9.17, 15) is 19.2 Å². The zero-order valence-electron chi connectivity index (χ0n) is 35.7. The maximum absolute atomic E-state index is 13.2. The molecule has 4 N–H and O–H groups in total. The standard InChI is InChI=1S/2C24H33N3O3/c1-15-20(4-5-21(25-15)27-6-2-3-16(14-27)10-22(28)29)23(30)26-24-11-17-7-18(12-24)9-19(8-17)13-24;1-14-20(4-5-21(25-14)27-6-2-3-15(13-27)12-22(28)29)24(30)26-23-18-8-16-7-17(10-18)11-19(23)9-16/h4-5,16-19H,2-3,6-14H2,1H3,(H,26,30)(H,28,29);4-5,15-19,23H,2-3,6-13H2,1H3,(H,26,30)(H,28,29)/t16-,17?,18?,19?,24?;15-,16?,17?,18?,19?,23?/m00/s1. The number of hydrogen-bond acceptors (Lipinski definition) is 8. The molecule has 10 aliphatic rings. The van der Waals surface area contributed by atoms with Crippen molar-refractivity contribution in [2.75, 3.05) is 36.0 Å². The predicted molar refractivity (Wildman–Crippen MR) is 229 cm³/mol. The molecule has 8 aliphatic carbocycles. The first-order chi connectivity index (χ1) is 28.8. The van der Waals surface area contributed by atoms with E-state index in [1.165, 1.54) is 51.4 Å². The number of nitrogens with one attached hydrogen (secondary N) is 2. The molecule has 4 heterocycles. The SMILES string of the molecule is Cc1nc(N2CCC[C@@H](CC(=O)O)C2)ccc1C(=O)NC12CC3CC(CC(C3)C1)C2.Cc1nc(N2CCC[C@@H](CC(=O)O)C2)ccc1C(=O)NC1C2CC3CC(C2)CC1C3. The smallest absolute Gasteiger partial charge is 0.303 e. The number of amides is 2. The summed E-state index contributed by atoms with van der Waals surface area (Å²) in [7, 11) is 0. The molecule has 2 amide bonds. The summed E-state index contributed by atoms with van der Waals surface area (Å²) in [5.41, 5.74) is 2.87. The number of carbonyl (C=O) groups excluding carboxylic acids is 2. The van der Waals surface area contributed by atoms with Crippen LogP contribution in [0, 0.1) is 67.1 Å². The van der Waals surface area contributed by atoms with Crippen molar-refractivity contribution in [2.24, 2.45) is 53.3 Å². The van der Waals surface area contributed by atoms with Gasteiger partial charge in [0.05, 0.1) is 22.5 Å². The van der Waals surface area contributed by atoms with Crippen LogP contribution in [0.25, 0.3) is 0 Å².